The molecule has 0 radical (unpaired) electrons. The third kappa shape index (κ3) is 3.66. The lowest BCUT2D eigenvalue weighted by molar-refractivity contribution is 1.06. The van der Waals surface area contributed by atoms with Gasteiger partial charge in [-0.15, -0.1) is 0 Å². The molecule has 0 saturated carbocycles. The molecule has 0 atom stereocenters. The van der Waals surface area contributed by atoms with E-state index in [2.05, 4.69) is 162 Å². The Bertz CT molecular complexity index is 3060. The molecular weight excluding hydrogens is 603 g/mol. The molecule has 11 rings (SSSR count). The number of benzene rings is 6. The predicted octanol–water partition coefficient (Wildman–Crippen LogP) is 9.63. The van der Waals surface area contributed by atoms with Crippen LogP contribution in [0.2, 0.25) is 0 Å². The molecule has 7 nitrogen and oxygen atoms in total. The van der Waals surface area contributed by atoms with Gasteiger partial charge >= 0.3 is 0 Å². The number of hydrogen-bond donors (Lipinski definition) is 0. The molecule has 11 aromatic rings. The second kappa shape index (κ2) is 9.82. The Labute approximate surface area is 279 Å². The van der Waals surface area contributed by atoms with E-state index in [0.29, 0.717) is 0 Å². The van der Waals surface area contributed by atoms with Crippen LogP contribution in [0, 0.1) is 0 Å². The van der Waals surface area contributed by atoms with Crippen molar-refractivity contribution >= 4 is 55.4 Å². The van der Waals surface area contributed by atoms with Crippen LogP contribution < -0.4 is 0 Å². The van der Waals surface area contributed by atoms with Crippen LogP contribution in [-0.4, -0.2) is 32.5 Å². The van der Waals surface area contributed by atoms with Crippen LogP contribution in [0.25, 0.3) is 83.7 Å². The van der Waals surface area contributed by atoms with Gasteiger partial charge in [0.2, 0.25) is 11.6 Å². The zero-order chi connectivity index (χ0) is 32.1. The van der Waals surface area contributed by atoms with Crippen molar-refractivity contribution in [2.45, 2.75) is 0 Å². The Morgan fingerprint density at radius 3 is 2.08 bits per heavy atom. The molecular formula is C42H27N7. The Morgan fingerprint density at radius 1 is 0.469 bits per heavy atom. The van der Waals surface area contributed by atoms with Crippen LogP contribution in [0.4, 0.5) is 0 Å². The van der Waals surface area contributed by atoms with E-state index >= 15 is 0 Å². The third-order valence-corrected chi connectivity index (χ3v) is 9.81. The number of para-hydroxylation sites is 5. The first kappa shape index (κ1) is 26.2. The van der Waals surface area contributed by atoms with E-state index in [1.807, 2.05) is 24.5 Å². The van der Waals surface area contributed by atoms with Gasteiger partial charge in [0.1, 0.15) is 0 Å². The van der Waals surface area contributed by atoms with Crippen molar-refractivity contribution < 1.29 is 0 Å². The van der Waals surface area contributed by atoms with Gasteiger partial charge < -0.3 is 4.57 Å². The fourth-order valence-electron chi connectivity index (χ4n) is 7.68. The second-order valence-electron chi connectivity index (χ2n) is 12.5. The summed E-state index contributed by atoms with van der Waals surface area (Å²) in [7, 11) is 0. The van der Waals surface area contributed by atoms with Crippen molar-refractivity contribution in [1.82, 2.24) is 32.5 Å². The zero-order valence-corrected chi connectivity index (χ0v) is 26.2. The summed E-state index contributed by atoms with van der Waals surface area (Å²) < 4.78 is 11.3. The predicted molar refractivity (Wildman–Crippen MR) is 197 cm³/mol. The van der Waals surface area contributed by atoms with Crippen molar-refractivity contribution in [1.29, 1.82) is 0 Å². The SMILES string of the molecule is c1ccc(-c2cn(-c3cccc(-n4c5ccccc5c5ccc(-n6c7ccccc7n7c8ccccc8nc67)cc54)c3)c3nccn23)cc1. The monoisotopic (exact) mass is 629 g/mol. The molecule has 0 unspecified atom stereocenters. The van der Waals surface area contributed by atoms with Crippen molar-refractivity contribution in [3.63, 3.8) is 0 Å². The van der Waals surface area contributed by atoms with Gasteiger partial charge in [0.05, 0.1) is 50.2 Å². The first-order chi connectivity index (χ1) is 24.3. The number of imidazole rings is 4. The highest BCUT2D eigenvalue weighted by Gasteiger charge is 2.20. The fraction of sp³-hybridized carbons (Fsp3) is 0. The molecule has 0 fully saturated rings. The maximum absolute atomic E-state index is 5.13. The Kier molecular flexibility index (Phi) is 5.26. The molecule has 0 amide bonds. The maximum Gasteiger partial charge on any atom is 0.220 e. The normalized spacial score (nSPS) is 12.1. The number of rotatable bonds is 4. The molecule has 0 spiro atoms. The van der Waals surface area contributed by atoms with Gasteiger partial charge in [0.25, 0.3) is 0 Å². The van der Waals surface area contributed by atoms with Crippen molar-refractivity contribution in [2.24, 2.45) is 0 Å². The van der Waals surface area contributed by atoms with Crippen LogP contribution in [0.15, 0.2) is 164 Å². The van der Waals surface area contributed by atoms with Gasteiger partial charge in [-0.2, -0.15) is 0 Å². The number of aromatic nitrogens is 7. The van der Waals surface area contributed by atoms with E-state index in [1.54, 1.807) is 0 Å². The van der Waals surface area contributed by atoms with Gasteiger partial charge in [0, 0.05) is 40.6 Å². The molecule has 7 heteroatoms. The van der Waals surface area contributed by atoms with Crippen molar-refractivity contribution in [3.05, 3.63) is 164 Å². The smallest absolute Gasteiger partial charge is 0.220 e. The van der Waals surface area contributed by atoms with Crippen molar-refractivity contribution in [2.75, 3.05) is 0 Å². The van der Waals surface area contributed by atoms with E-state index in [9.17, 15) is 0 Å². The Balaban J connectivity index is 1.15. The summed E-state index contributed by atoms with van der Waals surface area (Å²) in [6.07, 6.45) is 6.07. The summed E-state index contributed by atoms with van der Waals surface area (Å²) in [5, 5.41) is 2.42. The van der Waals surface area contributed by atoms with E-state index < -0.39 is 0 Å². The summed E-state index contributed by atoms with van der Waals surface area (Å²) in [5.41, 5.74) is 12.0. The topological polar surface area (TPSA) is 49.4 Å². The molecule has 0 saturated heterocycles. The molecule has 49 heavy (non-hydrogen) atoms. The minimum absolute atomic E-state index is 0.871. The Hall–Kier alpha value is -6.86. The minimum atomic E-state index is 0.871. The zero-order valence-electron chi connectivity index (χ0n) is 26.2. The van der Waals surface area contributed by atoms with Gasteiger partial charge in [-0.3, -0.25) is 17.9 Å². The maximum atomic E-state index is 5.13. The summed E-state index contributed by atoms with van der Waals surface area (Å²) in [4.78, 5) is 9.88. The molecule has 0 N–H and O–H groups in total. The van der Waals surface area contributed by atoms with E-state index in [0.717, 1.165) is 73.0 Å². The highest BCUT2D eigenvalue weighted by atomic mass is 15.2. The molecule has 0 aliphatic rings. The molecule has 0 aliphatic heterocycles. The highest BCUT2D eigenvalue weighted by molar-refractivity contribution is 6.10. The summed E-state index contributed by atoms with van der Waals surface area (Å²) in [6.45, 7) is 0. The molecule has 0 aliphatic carbocycles. The first-order valence-electron chi connectivity index (χ1n) is 16.4. The number of fused-ring (bicyclic) bond motifs is 9. The van der Waals surface area contributed by atoms with Gasteiger partial charge in [0.15, 0.2) is 0 Å². The largest absolute Gasteiger partial charge is 0.309 e. The summed E-state index contributed by atoms with van der Waals surface area (Å²) in [5.74, 6) is 1.77. The molecule has 0 bridgehead atoms. The molecule has 230 valence electrons. The second-order valence-corrected chi connectivity index (χ2v) is 12.5. The van der Waals surface area contributed by atoms with Crippen LogP contribution in [0.5, 0.6) is 0 Å². The van der Waals surface area contributed by atoms with E-state index in [4.69, 9.17) is 9.97 Å². The average molecular weight is 630 g/mol. The lowest BCUT2D eigenvalue weighted by Gasteiger charge is -2.12. The van der Waals surface area contributed by atoms with Crippen molar-refractivity contribution in [3.8, 4) is 28.3 Å². The lowest BCUT2D eigenvalue weighted by Crippen LogP contribution is -1.99. The minimum Gasteiger partial charge on any atom is -0.309 e. The van der Waals surface area contributed by atoms with Gasteiger partial charge in [-0.1, -0.05) is 84.9 Å². The lowest BCUT2D eigenvalue weighted by atomic mass is 10.1. The van der Waals surface area contributed by atoms with Crippen LogP contribution in [-0.2, 0) is 0 Å². The van der Waals surface area contributed by atoms with Crippen LogP contribution >= 0.6 is 0 Å². The Morgan fingerprint density at radius 2 is 1.18 bits per heavy atom. The standard InChI is InChI=1S/C42H27N7/c1-2-11-28(12-3-1)40-27-46(41-43-23-24-45(40)41)29-13-10-14-30(25-29)47-35-17-6-4-15-32(35)33-22-21-31(26-39(33)47)48-37-19-8-9-20-38(37)49-36-18-7-5-16-34(36)44-42(48)49/h1-27H. The quantitative estimate of drug-likeness (QED) is 0.195. The fourth-order valence-corrected chi connectivity index (χ4v) is 7.68. The average Bonchev–Trinajstić information content (AvgIpc) is 3.97. The van der Waals surface area contributed by atoms with Crippen LogP contribution in [0.1, 0.15) is 0 Å². The molecule has 5 aromatic heterocycles. The number of nitrogens with zero attached hydrogens (tertiary/aromatic N) is 7. The highest BCUT2D eigenvalue weighted by Crippen LogP contribution is 2.36. The van der Waals surface area contributed by atoms with E-state index in [-0.39, 0.29) is 0 Å². The number of hydrogen-bond acceptors (Lipinski definition) is 2. The summed E-state index contributed by atoms with van der Waals surface area (Å²) in [6, 6.07) is 51.6. The van der Waals surface area contributed by atoms with Gasteiger partial charge in [-0.25, -0.2) is 9.97 Å². The third-order valence-electron chi connectivity index (χ3n) is 9.81. The van der Waals surface area contributed by atoms with E-state index in [1.165, 1.54) is 10.8 Å². The molecule has 6 aromatic carbocycles. The van der Waals surface area contributed by atoms with Crippen LogP contribution in [0.3, 0.4) is 0 Å². The first-order valence-corrected chi connectivity index (χ1v) is 16.4. The summed E-state index contributed by atoms with van der Waals surface area (Å²) >= 11 is 0. The molecule has 5 heterocycles. The van der Waals surface area contributed by atoms with Gasteiger partial charge in [-0.05, 0) is 60.7 Å².